The van der Waals surface area contributed by atoms with Crippen molar-refractivity contribution in [1.29, 1.82) is 0 Å². The Balaban J connectivity index is 2.05. The molecular weight excluding hydrogens is 267 g/mol. The van der Waals surface area contributed by atoms with Crippen LogP contribution in [0.25, 0.3) is 0 Å². The fraction of sp³-hybridized carbons (Fsp3) is 0.471. The number of nitrogens with one attached hydrogen (secondary N) is 1. The first kappa shape index (κ1) is 15.5. The van der Waals surface area contributed by atoms with E-state index in [0.29, 0.717) is 5.56 Å². The van der Waals surface area contributed by atoms with Crippen LogP contribution in [0.15, 0.2) is 18.2 Å². The van der Waals surface area contributed by atoms with Gasteiger partial charge in [0.25, 0.3) is 5.91 Å². The van der Waals surface area contributed by atoms with Crippen molar-refractivity contribution in [2.75, 3.05) is 6.54 Å². The predicted octanol–water partition coefficient (Wildman–Crippen LogP) is 2.44. The molecule has 1 aliphatic carbocycles. The zero-order valence-corrected chi connectivity index (χ0v) is 12.5. The first-order valence-electron chi connectivity index (χ1n) is 7.21. The van der Waals surface area contributed by atoms with E-state index >= 15 is 0 Å². The second-order valence-corrected chi connectivity index (χ2v) is 6.28. The van der Waals surface area contributed by atoms with Gasteiger partial charge in [-0.2, -0.15) is 0 Å². The van der Waals surface area contributed by atoms with Gasteiger partial charge >= 0.3 is 0 Å². The Morgan fingerprint density at radius 3 is 2.86 bits per heavy atom. The van der Waals surface area contributed by atoms with Gasteiger partial charge in [0, 0.05) is 11.6 Å². The van der Waals surface area contributed by atoms with Crippen LogP contribution in [0, 0.1) is 23.1 Å². The number of benzene rings is 1. The molecule has 0 saturated heterocycles. The highest BCUT2D eigenvalue weighted by Gasteiger charge is 2.31. The molecule has 3 nitrogen and oxygen atoms in total. The lowest BCUT2D eigenvalue weighted by molar-refractivity contribution is 0.0935. The summed E-state index contributed by atoms with van der Waals surface area (Å²) in [6.45, 7) is 4.58. The smallest absolute Gasteiger partial charge is 0.251 e. The average Bonchev–Trinajstić information content (AvgIpc) is 2.76. The summed E-state index contributed by atoms with van der Waals surface area (Å²) in [5.41, 5.74) is 6.12. The molecule has 1 amide bonds. The molecule has 1 aromatic rings. The van der Waals surface area contributed by atoms with Crippen molar-refractivity contribution >= 4 is 5.91 Å². The van der Waals surface area contributed by atoms with Crippen LogP contribution in [0.5, 0.6) is 0 Å². The summed E-state index contributed by atoms with van der Waals surface area (Å²) in [6.07, 6.45) is 3.03. The summed E-state index contributed by atoms with van der Waals surface area (Å²) in [7, 11) is 0. The van der Waals surface area contributed by atoms with Gasteiger partial charge in [0.05, 0.1) is 12.1 Å². The van der Waals surface area contributed by atoms with E-state index in [4.69, 9.17) is 5.73 Å². The third kappa shape index (κ3) is 4.05. The first-order chi connectivity index (χ1) is 9.91. The maximum atomic E-state index is 13.8. The highest BCUT2D eigenvalue weighted by Crippen LogP contribution is 2.36. The Hall–Kier alpha value is -1.86. The Kier molecular flexibility index (Phi) is 4.64. The Bertz CT molecular complexity index is 599. The zero-order chi connectivity index (χ0) is 15.5. The van der Waals surface area contributed by atoms with Crippen LogP contribution < -0.4 is 11.1 Å². The van der Waals surface area contributed by atoms with Crippen LogP contribution in [0.1, 0.15) is 49.0 Å². The standard InChI is InChI=1S/C17H21FN2O/c1-17(2)8-7-14(11-17)20-16(21)13-6-5-12(4-3-9-19)15(18)10-13/h5-6,10,14H,7-9,11,19H2,1-2H3,(H,20,21). The number of rotatable bonds is 2. The van der Waals surface area contributed by atoms with Crippen molar-refractivity contribution in [2.24, 2.45) is 11.1 Å². The van der Waals surface area contributed by atoms with Gasteiger partial charge in [-0.05, 0) is 42.9 Å². The molecule has 0 aromatic heterocycles. The van der Waals surface area contributed by atoms with E-state index in [2.05, 4.69) is 31.0 Å². The molecule has 0 spiro atoms. The van der Waals surface area contributed by atoms with Crippen LogP contribution in [0.2, 0.25) is 0 Å². The van der Waals surface area contributed by atoms with Gasteiger partial charge in [0.1, 0.15) is 5.82 Å². The molecule has 0 aliphatic heterocycles. The van der Waals surface area contributed by atoms with E-state index in [1.165, 1.54) is 12.1 Å². The van der Waals surface area contributed by atoms with Gasteiger partial charge in [0.15, 0.2) is 0 Å². The summed E-state index contributed by atoms with van der Waals surface area (Å²) in [6, 6.07) is 4.52. The third-order valence-electron chi connectivity index (χ3n) is 3.86. The maximum Gasteiger partial charge on any atom is 0.251 e. The van der Waals surface area contributed by atoms with Gasteiger partial charge in [-0.3, -0.25) is 4.79 Å². The van der Waals surface area contributed by atoms with Crippen LogP contribution in [-0.2, 0) is 0 Å². The Morgan fingerprint density at radius 2 is 2.29 bits per heavy atom. The van der Waals surface area contributed by atoms with Gasteiger partial charge < -0.3 is 11.1 Å². The summed E-state index contributed by atoms with van der Waals surface area (Å²) in [5, 5.41) is 2.98. The molecular formula is C17H21FN2O. The fourth-order valence-electron chi connectivity index (χ4n) is 2.73. The normalized spacial score (nSPS) is 19.7. The quantitative estimate of drug-likeness (QED) is 0.821. The molecule has 1 aromatic carbocycles. The van der Waals surface area contributed by atoms with Crippen LogP contribution in [0.3, 0.4) is 0 Å². The van der Waals surface area contributed by atoms with Crippen molar-refractivity contribution in [3.8, 4) is 11.8 Å². The van der Waals surface area contributed by atoms with E-state index in [1.807, 2.05) is 0 Å². The van der Waals surface area contributed by atoms with Gasteiger partial charge in [-0.25, -0.2) is 4.39 Å². The molecule has 112 valence electrons. The maximum absolute atomic E-state index is 13.8. The molecule has 1 unspecified atom stereocenters. The van der Waals surface area contributed by atoms with Crippen molar-refractivity contribution in [1.82, 2.24) is 5.32 Å². The molecule has 4 heteroatoms. The van der Waals surface area contributed by atoms with Crippen molar-refractivity contribution in [3.63, 3.8) is 0 Å². The summed E-state index contributed by atoms with van der Waals surface area (Å²) < 4.78 is 13.8. The molecule has 3 N–H and O–H groups in total. The number of carbonyl (C=O) groups is 1. The number of nitrogens with two attached hydrogens (primary N) is 1. The molecule has 2 rings (SSSR count). The minimum absolute atomic E-state index is 0.173. The van der Waals surface area contributed by atoms with Gasteiger partial charge in [0.2, 0.25) is 0 Å². The molecule has 1 atom stereocenters. The average molecular weight is 288 g/mol. The second-order valence-electron chi connectivity index (χ2n) is 6.28. The van der Waals surface area contributed by atoms with Crippen LogP contribution in [0.4, 0.5) is 4.39 Å². The van der Waals surface area contributed by atoms with Gasteiger partial charge in [-0.15, -0.1) is 0 Å². The minimum Gasteiger partial charge on any atom is -0.349 e. The van der Waals surface area contributed by atoms with Crippen LogP contribution in [-0.4, -0.2) is 18.5 Å². The van der Waals surface area contributed by atoms with E-state index in [1.54, 1.807) is 6.07 Å². The minimum atomic E-state index is -0.490. The zero-order valence-electron chi connectivity index (χ0n) is 12.5. The highest BCUT2D eigenvalue weighted by molar-refractivity contribution is 5.94. The first-order valence-corrected chi connectivity index (χ1v) is 7.21. The van der Waals surface area contributed by atoms with Crippen molar-refractivity contribution < 1.29 is 9.18 Å². The molecule has 0 bridgehead atoms. The third-order valence-corrected chi connectivity index (χ3v) is 3.86. The molecule has 1 aliphatic rings. The predicted molar refractivity (Wildman–Crippen MR) is 81.2 cm³/mol. The van der Waals surface area contributed by atoms with E-state index in [0.717, 1.165) is 19.3 Å². The van der Waals surface area contributed by atoms with E-state index in [-0.39, 0.29) is 29.5 Å². The van der Waals surface area contributed by atoms with Gasteiger partial charge in [-0.1, -0.05) is 25.7 Å². The molecule has 21 heavy (non-hydrogen) atoms. The largest absolute Gasteiger partial charge is 0.349 e. The Labute approximate surface area is 125 Å². The lowest BCUT2D eigenvalue weighted by Gasteiger charge is -2.17. The summed E-state index contributed by atoms with van der Waals surface area (Å²) in [5.74, 6) is 4.52. The molecule has 0 heterocycles. The highest BCUT2D eigenvalue weighted by atomic mass is 19.1. The topological polar surface area (TPSA) is 55.1 Å². The number of halogens is 1. The molecule has 0 radical (unpaired) electrons. The second kappa shape index (κ2) is 6.28. The number of hydrogen-bond donors (Lipinski definition) is 2. The summed E-state index contributed by atoms with van der Waals surface area (Å²) in [4.78, 5) is 12.2. The van der Waals surface area contributed by atoms with Crippen molar-refractivity contribution in [2.45, 2.75) is 39.2 Å². The van der Waals surface area contributed by atoms with Crippen LogP contribution >= 0.6 is 0 Å². The number of hydrogen-bond acceptors (Lipinski definition) is 2. The summed E-state index contributed by atoms with van der Waals surface area (Å²) >= 11 is 0. The monoisotopic (exact) mass is 288 g/mol. The van der Waals surface area contributed by atoms with E-state index in [9.17, 15) is 9.18 Å². The molecule has 1 fully saturated rings. The lowest BCUT2D eigenvalue weighted by atomic mass is 9.92. The fourth-order valence-corrected chi connectivity index (χ4v) is 2.73. The van der Waals surface area contributed by atoms with Crippen molar-refractivity contribution in [3.05, 3.63) is 35.1 Å². The van der Waals surface area contributed by atoms with E-state index < -0.39 is 5.82 Å². The Morgan fingerprint density at radius 1 is 1.52 bits per heavy atom. The number of carbonyl (C=O) groups excluding carboxylic acids is 1. The SMILES string of the molecule is CC1(C)CCC(NC(=O)c2ccc(C#CCN)c(F)c2)C1. The lowest BCUT2D eigenvalue weighted by Crippen LogP contribution is -2.33. The number of amides is 1. The molecule has 1 saturated carbocycles.